The van der Waals surface area contributed by atoms with Gasteiger partial charge in [-0.2, -0.15) is 0 Å². The summed E-state index contributed by atoms with van der Waals surface area (Å²) in [6.07, 6.45) is 0. The summed E-state index contributed by atoms with van der Waals surface area (Å²) in [6.45, 7) is 12.5. The predicted octanol–water partition coefficient (Wildman–Crippen LogP) is 3.73. The molecule has 2 N–H and O–H groups in total. The van der Waals surface area contributed by atoms with Crippen LogP contribution in [0.5, 0.6) is 0 Å². The fourth-order valence-corrected chi connectivity index (χ4v) is 3.47. The molecule has 1 amide bonds. The van der Waals surface area contributed by atoms with Gasteiger partial charge in [0.2, 0.25) is 0 Å². The second kappa shape index (κ2) is 8.25. The van der Waals surface area contributed by atoms with E-state index in [9.17, 15) is 18.7 Å². The summed E-state index contributed by atoms with van der Waals surface area (Å²) in [5, 5.41) is 12.5. The molecule has 3 rings (SSSR count). The normalized spacial score (nSPS) is 17.5. The molecule has 1 aliphatic heterocycles. The van der Waals surface area contributed by atoms with Crippen LogP contribution in [-0.2, 0) is 21.5 Å². The SMILES string of the molecule is Cc1cc(CNC(=O)c2ccc(C(C)(C)O)cc2F)c(F)cc1B1OC(C)(C)C(C)(C)O1. The maximum absolute atomic E-state index is 14.8. The maximum atomic E-state index is 14.8. The van der Waals surface area contributed by atoms with Gasteiger partial charge >= 0.3 is 7.12 Å². The number of carbonyl (C=O) groups excluding carboxylic acids is 1. The molecule has 0 spiro atoms. The Morgan fingerprint density at radius 2 is 1.66 bits per heavy atom. The van der Waals surface area contributed by atoms with Gasteiger partial charge in [0.15, 0.2) is 0 Å². The zero-order valence-electron chi connectivity index (χ0n) is 19.6. The van der Waals surface area contributed by atoms with Crippen molar-refractivity contribution in [2.45, 2.75) is 71.8 Å². The highest BCUT2D eigenvalue weighted by Gasteiger charge is 2.52. The molecule has 0 radical (unpaired) electrons. The summed E-state index contributed by atoms with van der Waals surface area (Å²) in [5.41, 5.74) is -0.523. The molecule has 32 heavy (non-hydrogen) atoms. The van der Waals surface area contributed by atoms with Gasteiger partial charge in [-0.1, -0.05) is 17.7 Å². The predicted molar refractivity (Wildman–Crippen MR) is 120 cm³/mol. The lowest BCUT2D eigenvalue weighted by molar-refractivity contribution is 0.00578. The number of aryl methyl sites for hydroxylation is 1. The van der Waals surface area contributed by atoms with E-state index in [1.807, 2.05) is 34.6 Å². The van der Waals surface area contributed by atoms with Gasteiger partial charge in [-0.25, -0.2) is 8.78 Å². The molecule has 0 atom stereocenters. The molecule has 0 unspecified atom stereocenters. The van der Waals surface area contributed by atoms with E-state index in [0.717, 1.165) is 11.6 Å². The smallest absolute Gasteiger partial charge is 0.399 e. The Morgan fingerprint density at radius 1 is 1.06 bits per heavy atom. The molecule has 1 saturated heterocycles. The number of amides is 1. The highest BCUT2D eigenvalue weighted by atomic mass is 19.1. The highest BCUT2D eigenvalue weighted by molar-refractivity contribution is 6.62. The first-order valence-corrected chi connectivity index (χ1v) is 10.6. The molecule has 172 valence electrons. The van der Waals surface area contributed by atoms with E-state index in [1.54, 1.807) is 6.07 Å². The van der Waals surface area contributed by atoms with Crippen LogP contribution in [0.2, 0.25) is 0 Å². The van der Waals surface area contributed by atoms with Crippen molar-refractivity contribution in [1.82, 2.24) is 5.32 Å². The molecule has 2 aromatic carbocycles. The van der Waals surface area contributed by atoms with Gasteiger partial charge in [0.25, 0.3) is 5.91 Å². The van der Waals surface area contributed by atoms with Gasteiger partial charge < -0.3 is 19.7 Å². The first-order chi connectivity index (χ1) is 14.6. The Kier molecular flexibility index (Phi) is 6.28. The topological polar surface area (TPSA) is 67.8 Å². The number of nitrogens with one attached hydrogen (secondary N) is 1. The van der Waals surface area contributed by atoms with Crippen LogP contribution in [-0.4, -0.2) is 29.3 Å². The minimum atomic E-state index is -1.23. The quantitative estimate of drug-likeness (QED) is 0.689. The highest BCUT2D eigenvalue weighted by Crippen LogP contribution is 2.36. The van der Waals surface area contributed by atoms with Crippen molar-refractivity contribution >= 4 is 18.5 Å². The van der Waals surface area contributed by atoms with E-state index in [2.05, 4.69) is 5.32 Å². The standard InChI is InChI=1S/C24H30BF2NO4/c1-14-10-15(19(26)12-18(14)25-31-23(4,5)24(6,7)32-25)13-28-21(29)17-9-8-16(11-20(17)27)22(2,3)30/h8-12,30H,13H2,1-7H3,(H,28,29). The summed E-state index contributed by atoms with van der Waals surface area (Å²) in [5.74, 6) is -1.94. The zero-order chi connectivity index (χ0) is 24.1. The lowest BCUT2D eigenvalue weighted by Crippen LogP contribution is -2.41. The molecule has 0 aromatic heterocycles. The molecule has 1 fully saturated rings. The van der Waals surface area contributed by atoms with Crippen LogP contribution in [0.3, 0.4) is 0 Å². The average molecular weight is 445 g/mol. The van der Waals surface area contributed by atoms with Crippen molar-refractivity contribution in [2.24, 2.45) is 0 Å². The van der Waals surface area contributed by atoms with Crippen molar-refractivity contribution < 1.29 is 28.0 Å². The van der Waals surface area contributed by atoms with E-state index >= 15 is 0 Å². The van der Waals surface area contributed by atoms with Crippen LogP contribution in [0.1, 0.15) is 68.6 Å². The number of aliphatic hydroxyl groups is 1. The van der Waals surface area contributed by atoms with Crippen LogP contribution in [0.25, 0.3) is 0 Å². The largest absolute Gasteiger partial charge is 0.495 e. The van der Waals surface area contributed by atoms with Crippen LogP contribution in [0.15, 0.2) is 30.3 Å². The van der Waals surface area contributed by atoms with Gasteiger partial charge in [-0.3, -0.25) is 4.79 Å². The number of hydrogen-bond acceptors (Lipinski definition) is 4. The number of rotatable bonds is 5. The number of halogens is 2. The second-order valence-corrected chi connectivity index (χ2v) is 9.82. The van der Waals surface area contributed by atoms with Crippen LogP contribution in [0.4, 0.5) is 8.78 Å². The van der Waals surface area contributed by atoms with Crippen molar-refractivity contribution in [3.63, 3.8) is 0 Å². The van der Waals surface area contributed by atoms with Gasteiger partial charge in [-0.15, -0.1) is 0 Å². The molecule has 8 heteroatoms. The molecule has 2 aromatic rings. The van der Waals surface area contributed by atoms with Gasteiger partial charge in [0.1, 0.15) is 11.6 Å². The third-order valence-electron chi connectivity index (χ3n) is 6.30. The third kappa shape index (κ3) is 4.72. The number of hydrogen-bond donors (Lipinski definition) is 2. The van der Waals surface area contributed by atoms with Gasteiger partial charge in [-0.05, 0) is 77.7 Å². The monoisotopic (exact) mass is 445 g/mol. The Morgan fingerprint density at radius 3 is 2.19 bits per heavy atom. The Bertz CT molecular complexity index is 1030. The summed E-state index contributed by atoms with van der Waals surface area (Å²) >= 11 is 0. The first kappa shape index (κ1) is 24.4. The summed E-state index contributed by atoms with van der Waals surface area (Å²) in [7, 11) is -0.693. The van der Waals surface area contributed by atoms with Crippen LogP contribution >= 0.6 is 0 Å². The average Bonchev–Trinajstić information content (AvgIpc) is 2.88. The van der Waals surface area contributed by atoms with E-state index in [0.29, 0.717) is 11.0 Å². The van der Waals surface area contributed by atoms with Gasteiger partial charge in [0.05, 0.1) is 22.4 Å². The molecule has 5 nitrogen and oxygen atoms in total. The lowest BCUT2D eigenvalue weighted by atomic mass is 9.75. The van der Waals surface area contributed by atoms with Crippen molar-refractivity contribution in [1.29, 1.82) is 0 Å². The Labute approximate surface area is 188 Å². The summed E-state index contributed by atoms with van der Waals surface area (Å²) in [6, 6.07) is 6.91. The van der Waals surface area contributed by atoms with Crippen LogP contribution < -0.4 is 10.8 Å². The fourth-order valence-electron chi connectivity index (χ4n) is 3.47. The summed E-state index contributed by atoms with van der Waals surface area (Å²) in [4.78, 5) is 12.4. The Hall–Kier alpha value is -2.29. The maximum Gasteiger partial charge on any atom is 0.495 e. The molecule has 1 heterocycles. The van der Waals surface area contributed by atoms with E-state index in [1.165, 1.54) is 32.0 Å². The fraction of sp³-hybridized carbons (Fsp3) is 0.458. The van der Waals surface area contributed by atoms with E-state index < -0.39 is 41.5 Å². The number of benzene rings is 2. The van der Waals surface area contributed by atoms with Crippen molar-refractivity contribution in [3.05, 3.63) is 64.2 Å². The molecule has 0 aliphatic carbocycles. The third-order valence-corrected chi connectivity index (χ3v) is 6.30. The van der Waals surface area contributed by atoms with Gasteiger partial charge in [0, 0.05) is 12.1 Å². The minimum Gasteiger partial charge on any atom is -0.399 e. The molecule has 0 bridgehead atoms. The minimum absolute atomic E-state index is 0.109. The van der Waals surface area contributed by atoms with Crippen LogP contribution in [0, 0.1) is 18.6 Å². The number of carbonyl (C=O) groups is 1. The molecule has 1 aliphatic rings. The first-order valence-electron chi connectivity index (χ1n) is 10.6. The zero-order valence-corrected chi connectivity index (χ0v) is 19.6. The Balaban J connectivity index is 1.74. The molecule has 0 saturated carbocycles. The summed E-state index contributed by atoms with van der Waals surface area (Å²) < 4.78 is 41.2. The lowest BCUT2D eigenvalue weighted by Gasteiger charge is -2.32. The van der Waals surface area contributed by atoms with Crippen molar-refractivity contribution in [2.75, 3.05) is 0 Å². The molecular weight excluding hydrogens is 415 g/mol. The van der Waals surface area contributed by atoms with E-state index in [4.69, 9.17) is 9.31 Å². The molecular formula is C24H30BF2NO4. The second-order valence-electron chi connectivity index (χ2n) is 9.82. The van der Waals surface area contributed by atoms with Crippen molar-refractivity contribution in [3.8, 4) is 0 Å². The van der Waals surface area contributed by atoms with E-state index in [-0.39, 0.29) is 17.7 Å².